The molecule has 3 aliphatic heterocycles. The molecule has 0 N–H and O–H groups in total. The summed E-state index contributed by atoms with van der Waals surface area (Å²) in [6.07, 6.45) is 3.68. The Bertz CT molecular complexity index is 1070. The lowest BCUT2D eigenvalue weighted by Crippen LogP contribution is -2.48. The van der Waals surface area contributed by atoms with Crippen LogP contribution in [0, 0.1) is 11.3 Å². The van der Waals surface area contributed by atoms with Crippen LogP contribution in [0.15, 0.2) is 29.4 Å². The van der Waals surface area contributed by atoms with Crippen molar-refractivity contribution >= 4 is 27.6 Å². The number of carbonyl (C=O) groups excluding carboxylic acids is 3. The van der Waals surface area contributed by atoms with Crippen LogP contribution in [0.1, 0.15) is 40.0 Å². The minimum Gasteiger partial charge on any atom is -0.378 e. The van der Waals surface area contributed by atoms with E-state index in [4.69, 9.17) is 4.74 Å². The summed E-state index contributed by atoms with van der Waals surface area (Å²) in [5.74, 6) is -1.21. The molecule has 2 amide bonds. The van der Waals surface area contributed by atoms with Gasteiger partial charge >= 0.3 is 0 Å². The number of nitrogens with zero attached hydrogens (tertiary/aromatic N) is 4. The molecule has 4 rings (SSSR count). The Balaban J connectivity index is 1.53. The van der Waals surface area contributed by atoms with Crippen LogP contribution in [0.3, 0.4) is 0 Å². The van der Waals surface area contributed by atoms with Crippen molar-refractivity contribution in [3.63, 3.8) is 0 Å². The topological polar surface area (TPSA) is 117 Å². The minimum atomic E-state index is -3.92. The maximum atomic E-state index is 13.8. The predicted molar refractivity (Wildman–Crippen MR) is 127 cm³/mol. The zero-order valence-electron chi connectivity index (χ0n) is 20.6. The van der Waals surface area contributed by atoms with Gasteiger partial charge in [-0.15, -0.1) is 0 Å². The first-order chi connectivity index (χ1) is 16.5. The Hall–Kier alpha value is -2.37. The summed E-state index contributed by atoms with van der Waals surface area (Å²) in [5.41, 5.74) is -0.208. The smallest absolute Gasteiger partial charge is 0.245 e. The van der Waals surface area contributed by atoms with Crippen molar-refractivity contribution in [1.29, 1.82) is 0 Å². The first kappa shape index (κ1) is 25.7. The van der Waals surface area contributed by atoms with Crippen molar-refractivity contribution < 1.29 is 27.5 Å². The second-order valence-corrected chi connectivity index (χ2v) is 12.6. The summed E-state index contributed by atoms with van der Waals surface area (Å²) in [5, 5.41) is 0. The van der Waals surface area contributed by atoms with Gasteiger partial charge in [-0.05, 0) is 30.4 Å². The summed E-state index contributed by atoms with van der Waals surface area (Å²) in [7, 11) is -3.92. The van der Waals surface area contributed by atoms with Crippen LogP contribution in [-0.2, 0) is 29.1 Å². The Kier molecular flexibility index (Phi) is 7.31. The first-order valence-corrected chi connectivity index (χ1v) is 13.5. The van der Waals surface area contributed by atoms with E-state index >= 15 is 0 Å². The Morgan fingerprint density at radius 2 is 1.91 bits per heavy atom. The number of hydrogen-bond donors (Lipinski definition) is 0. The highest BCUT2D eigenvalue weighted by atomic mass is 32.2. The van der Waals surface area contributed by atoms with Crippen molar-refractivity contribution in [3.8, 4) is 0 Å². The van der Waals surface area contributed by atoms with Gasteiger partial charge in [-0.1, -0.05) is 20.8 Å². The highest BCUT2D eigenvalue weighted by molar-refractivity contribution is 7.89. The first-order valence-electron chi connectivity index (χ1n) is 12.1. The van der Waals surface area contributed by atoms with Crippen molar-refractivity contribution in [2.45, 2.75) is 57.0 Å². The van der Waals surface area contributed by atoms with Crippen molar-refractivity contribution in [1.82, 2.24) is 19.1 Å². The number of sulfonamides is 1. The fourth-order valence-corrected chi connectivity index (χ4v) is 6.94. The number of carbonyl (C=O) groups is 3. The summed E-state index contributed by atoms with van der Waals surface area (Å²) < 4.78 is 33.0. The van der Waals surface area contributed by atoms with E-state index in [1.807, 2.05) is 20.8 Å². The second kappa shape index (κ2) is 9.94. The molecular formula is C24H34N4O6S. The number of ketones is 1. The lowest BCUT2D eigenvalue weighted by atomic mass is 9.82. The van der Waals surface area contributed by atoms with Crippen LogP contribution in [0.25, 0.3) is 0 Å². The maximum Gasteiger partial charge on any atom is 0.245 e. The van der Waals surface area contributed by atoms with Gasteiger partial charge in [0.25, 0.3) is 0 Å². The lowest BCUT2D eigenvalue weighted by Gasteiger charge is -2.33. The lowest BCUT2D eigenvalue weighted by molar-refractivity contribution is -0.145. The van der Waals surface area contributed by atoms with Gasteiger partial charge < -0.3 is 14.5 Å². The third kappa shape index (κ3) is 5.41. The second-order valence-electron chi connectivity index (χ2n) is 10.7. The fourth-order valence-electron chi connectivity index (χ4n) is 5.35. The Labute approximate surface area is 206 Å². The standard InChI is InChI=1S/C24H34N4O6S/c1-24(2,3)14-17(13-21(30)26-9-11-34-12-10-26)23(31)27-8-6-19-22(27)20(29)16-28(19)35(32,33)18-5-4-7-25-15-18/h4-5,7,15,17,19,22H,6,8-14,16H2,1-3H3. The van der Waals surface area contributed by atoms with Gasteiger partial charge in [-0.25, -0.2) is 8.42 Å². The van der Waals surface area contributed by atoms with Crippen molar-refractivity contribution in [2.75, 3.05) is 39.4 Å². The number of likely N-dealkylation sites (tertiary alicyclic amines) is 1. The van der Waals surface area contributed by atoms with E-state index in [0.29, 0.717) is 39.1 Å². The van der Waals surface area contributed by atoms with E-state index in [1.54, 1.807) is 4.90 Å². The van der Waals surface area contributed by atoms with E-state index in [0.717, 1.165) is 0 Å². The number of pyridine rings is 1. The molecule has 0 spiro atoms. The zero-order valence-corrected chi connectivity index (χ0v) is 21.4. The number of morpholine rings is 1. The third-order valence-electron chi connectivity index (χ3n) is 6.89. The molecule has 192 valence electrons. The molecule has 10 nitrogen and oxygen atoms in total. The number of ether oxygens (including phenoxy) is 1. The average molecular weight is 507 g/mol. The number of rotatable bonds is 6. The quantitative estimate of drug-likeness (QED) is 0.563. The molecule has 4 heterocycles. The van der Waals surface area contributed by atoms with Crippen molar-refractivity contribution in [3.05, 3.63) is 24.5 Å². The van der Waals surface area contributed by atoms with Gasteiger partial charge in [0, 0.05) is 44.4 Å². The normalized spacial score (nSPS) is 24.5. The number of Topliss-reactive ketones (excluding diaryl/α,β-unsaturated/α-hetero) is 1. The molecule has 3 fully saturated rings. The Morgan fingerprint density at radius 1 is 1.20 bits per heavy atom. The molecule has 3 aliphatic rings. The van der Waals surface area contributed by atoms with Crippen LogP contribution >= 0.6 is 0 Å². The number of hydrogen-bond acceptors (Lipinski definition) is 7. The highest BCUT2D eigenvalue weighted by Gasteiger charge is 2.54. The number of fused-ring (bicyclic) bond motifs is 1. The number of aromatic nitrogens is 1. The van der Waals surface area contributed by atoms with Crippen LogP contribution in [0.2, 0.25) is 0 Å². The van der Waals surface area contributed by atoms with E-state index in [2.05, 4.69) is 4.98 Å². The monoisotopic (exact) mass is 506 g/mol. The maximum absolute atomic E-state index is 13.8. The van der Waals surface area contributed by atoms with E-state index in [1.165, 1.54) is 33.7 Å². The molecular weight excluding hydrogens is 472 g/mol. The van der Waals surface area contributed by atoms with Gasteiger partial charge in [-0.2, -0.15) is 4.31 Å². The van der Waals surface area contributed by atoms with E-state index < -0.39 is 28.0 Å². The summed E-state index contributed by atoms with van der Waals surface area (Å²) in [6.45, 7) is 8.03. The Morgan fingerprint density at radius 3 is 2.54 bits per heavy atom. The molecule has 3 saturated heterocycles. The van der Waals surface area contributed by atoms with Gasteiger partial charge in [0.05, 0.1) is 25.8 Å². The van der Waals surface area contributed by atoms with E-state index in [9.17, 15) is 22.8 Å². The molecule has 0 radical (unpaired) electrons. The molecule has 0 bridgehead atoms. The van der Waals surface area contributed by atoms with Gasteiger partial charge in [0.1, 0.15) is 10.9 Å². The molecule has 0 saturated carbocycles. The molecule has 1 aromatic rings. The number of amides is 2. The zero-order chi connectivity index (χ0) is 25.4. The van der Waals surface area contributed by atoms with Crippen molar-refractivity contribution in [2.24, 2.45) is 11.3 Å². The highest BCUT2D eigenvalue weighted by Crippen LogP contribution is 2.36. The largest absolute Gasteiger partial charge is 0.378 e. The SMILES string of the molecule is CC(C)(C)CC(CC(=O)N1CCOCC1)C(=O)N1CCC2C1C(=O)CN2S(=O)(=O)c1cccnc1. The van der Waals surface area contributed by atoms with Gasteiger partial charge in [0.15, 0.2) is 5.78 Å². The van der Waals surface area contributed by atoms with Gasteiger partial charge in [-0.3, -0.25) is 19.4 Å². The summed E-state index contributed by atoms with van der Waals surface area (Å²) in [6, 6.07) is 1.56. The van der Waals surface area contributed by atoms with Crippen LogP contribution in [0.4, 0.5) is 0 Å². The molecule has 1 aromatic heterocycles. The summed E-state index contributed by atoms with van der Waals surface area (Å²) in [4.78, 5) is 46.9. The van der Waals surface area contributed by atoms with Crippen LogP contribution in [-0.4, -0.2) is 96.6 Å². The van der Waals surface area contributed by atoms with Crippen LogP contribution < -0.4 is 0 Å². The van der Waals surface area contributed by atoms with E-state index in [-0.39, 0.29) is 47.4 Å². The molecule has 3 atom stereocenters. The molecule has 3 unspecified atom stereocenters. The van der Waals surface area contributed by atoms with Gasteiger partial charge in [0.2, 0.25) is 21.8 Å². The minimum absolute atomic E-state index is 0.0277. The third-order valence-corrected chi connectivity index (χ3v) is 8.75. The molecule has 35 heavy (non-hydrogen) atoms. The molecule has 0 aliphatic carbocycles. The average Bonchev–Trinajstić information content (AvgIpc) is 3.40. The summed E-state index contributed by atoms with van der Waals surface area (Å²) >= 11 is 0. The molecule has 0 aromatic carbocycles. The molecule has 11 heteroatoms. The van der Waals surface area contributed by atoms with Crippen LogP contribution in [0.5, 0.6) is 0 Å². The predicted octanol–water partition coefficient (Wildman–Crippen LogP) is 0.926. The fraction of sp³-hybridized carbons (Fsp3) is 0.667.